The first-order valence-corrected chi connectivity index (χ1v) is 8.23. The van der Waals surface area contributed by atoms with Gasteiger partial charge in [0.15, 0.2) is 0 Å². The molecule has 1 fully saturated rings. The molecular formula is C19H15ClN4. The summed E-state index contributed by atoms with van der Waals surface area (Å²) in [4.78, 5) is 13.0. The van der Waals surface area contributed by atoms with Gasteiger partial charge in [-0.05, 0) is 50.0 Å². The molecule has 3 heterocycles. The molecule has 0 aliphatic heterocycles. The van der Waals surface area contributed by atoms with E-state index in [2.05, 4.69) is 38.9 Å². The summed E-state index contributed by atoms with van der Waals surface area (Å²) in [7, 11) is 0. The molecule has 0 saturated heterocycles. The van der Waals surface area contributed by atoms with Crippen LogP contribution in [0.2, 0.25) is 5.15 Å². The minimum Gasteiger partial charge on any atom is -0.301 e. The molecule has 24 heavy (non-hydrogen) atoms. The van der Waals surface area contributed by atoms with Crippen LogP contribution in [0, 0.1) is 18.8 Å². The molecule has 4 nitrogen and oxygen atoms in total. The van der Waals surface area contributed by atoms with Crippen LogP contribution in [0.4, 0.5) is 0 Å². The summed E-state index contributed by atoms with van der Waals surface area (Å²) in [6.45, 7) is 1.96. The quantitative estimate of drug-likeness (QED) is 0.527. The van der Waals surface area contributed by atoms with Gasteiger partial charge in [0.2, 0.25) is 0 Å². The third-order valence-corrected chi connectivity index (χ3v) is 4.19. The summed E-state index contributed by atoms with van der Waals surface area (Å²) >= 11 is 5.87. The second kappa shape index (κ2) is 6.10. The maximum absolute atomic E-state index is 5.87. The zero-order valence-electron chi connectivity index (χ0n) is 13.2. The van der Waals surface area contributed by atoms with E-state index in [1.54, 1.807) is 12.3 Å². The van der Waals surface area contributed by atoms with Gasteiger partial charge in [-0.15, -0.1) is 0 Å². The molecule has 0 spiro atoms. The van der Waals surface area contributed by atoms with E-state index in [0.29, 0.717) is 16.8 Å². The fourth-order valence-corrected chi connectivity index (χ4v) is 2.75. The van der Waals surface area contributed by atoms with E-state index in [0.717, 1.165) is 17.1 Å². The lowest BCUT2D eigenvalue weighted by Gasteiger charge is -2.04. The molecule has 0 unspecified atom stereocenters. The summed E-state index contributed by atoms with van der Waals surface area (Å²) in [5.74, 6) is 7.68. The predicted octanol–water partition coefficient (Wildman–Crippen LogP) is 3.90. The van der Waals surface area contributed by atoms with Crippen molar-refractivity contribution in [1.29, 1.82) is 0 Å². The Morgan fingerprint density at radius 2 is 2.04 bits per heavy atom. The fraction of sp³-hybridized carbons (Fsp3) is 0.211. The number of hydrogen-bond acceptors (Lipinski definition) is 3. The van der Waals surface area contributed by atoms with Crippen LogP contribution in [0.25, 0.3) is 5.69 Å². The Morgan fingerprint density at radius 3 is 2.75 bits per heavy atom. The lowest BCUT2D eigenvalue weighted by atomic mass is 10.2. The highest BCUT2D eigenvalue weighted by Gasteiger charge is 2.24. The lowest BCUT2D eigenvalue weighted by molar-refractivity contribution is 0.945. The van der Waals surface area contributed by atoms with Crippen molar-refractivity contribution in [2.45, 2.75) is 25.7 Å². The molecule has 3 aromatic heterocycles. The van der Waals surface area contributed by atoms with Crippen LogP contribution >= 0.6 is 11.6 Å². The SMILES string of the molecule is Cc1nc(C#Cc2ccnc(Cl)c2)cn1-c1ccc(C2CC2)nc1. The molecule has 0 N–H and O–H groups in total. The van der Waals surface area contributed by atoms with Crippen molar-refractivity contribution in [1.82, 2.24) is 19.5 Å². The largest absolute Gasteiger partial charge is 0.301 e. The van der Waals surface area contributed by atoms with Crippen molar-refractivity contribution in [3.63, 3.8) is 0 Å². The standard InChI is InChI=1S/C19H15ClN4/c1-13-23-16(5-2-14-8-9-21-19(20)10-14)12-24(13)17-6-7-18(22-11-17)15-3-4-15/h6-12,15H,3-4H2,1H3. The van der Waals surface area contributed by atoms with Crippen LogP contribution in [0.3, 0.4) is 0 Å². The summed E-state index contributed by atoms with van der Waals surface area (Å²) in [6, 6.07) is 7.76. The van der Waals surface area contributed by atoms with Crippen molar-refractivity contribution in [3.8, 4) is 17.5 Å². The van der Waals surface area contributed by atoms with Crippen LogP contribution in [0.15, 0.2) is 42.9 Å². The first-order chi connectivity index (χ1) is 11.7. The van der Waals surface area contributed by atoms with Gasteiger partial charge in [-0.1, -0.05) is 17.5 Å². The number of nitrogens with zero attached hydrogens (tertiary/aromatic N) is 4. The van der Waals surface area contributed by atoms with Crippen molar-refractivity contribution in [2.75, 3.05) is 0 Å². The minimum atomic E-state index is 0.435. The van der Waals surface area contributed by atoms with Crippen LogP contribution < -0.4 is 0 Å². The van der Waals surface area contributed by atoms with Crippen molar-refractivity contribution in [3.05, 3.63) is 70.8 Å². The summed E-state index contributed by atoms with van der Waals surface area (Å²) in [5.41, 5.74) is 3.72. The van der Waals surface area contributed by atoms with E-state index in [1.165, 1.54) is 18.5 Å². The van der Waals surface area contributed by atoms with Gasteiger partial charge in [-0.2, -0.15) is 0 Å². The fourth-order valence-electron chi connectivity index (χ4n) is 2.57. The predicted molar refractivity (Wildman–Crippen MR) is 93.3 cm³/mol. The molecule has 4 rings (SSSR count). The molecule has 118 valence electrons. The zero-order chi connectivity index (χ0) is 16.5. The van der Waals surface area contributed by atoms with Gasteiger partial charge in [-0.25, -0.2) is 9.97 Å². The van der Waals surface area contributed by atoms with E-state index >= 15 is 0 Å². The second-order valence-corrected chi connectivity index (χ2v) is 6.26. The molecule has 0 radical (unpaired) electrons. The van der Waals surface area contributed by atoms with Gasteiger partial charge in [0.25, 0.3) is 0 Å². The van der Waals surface area contributed by atoms with Gasteiger partial charge >= 0.3 is 0 Å². The molecule has 5 heteroatoms. The zero-order valence-corrected chi connectivity index (χ0v) is 14.0. The number of rotatable bonds is 2. The van der Waals surface area contributed by atoms with Crippen molar-refractivity contribution >= 4 is 11.6 Å². The topological polar surface area (TPSA) is 43.6 Å². The van der Waals surface area contributed by atoms with E-state index in [1.807, 2.05) is 30.0 Å². The van der Waals surface area contributed by atoms with E-state index in [-0.39, 0.29) is 0 Å². The van der Waals surface area contributed by atoms with Gasteiger partial charge in [-0.3, -0.25) is 4.98 Å². The number of halogens is 1. The maximum Gasteiger partial charge on any atom is 0.132 e. The Labute approximate surface area is 145 Å². The van der Waals surface area contributed by atoms with Gasteiger partial charge in [0, 0.05) is 29.6 Å². The summed E-state index contributed by atoms with van der Waals surface area (Å²) in [5, 5.41) is 0.435. The molecule has 3 aromatic rings. The monoisotopic (exact) mass is 334 g/mol. The Bertz CT molecular complexity index is 943. The Kier molecular flexibility index (Phi) is 3.79. The molecule has 0 atom stereocenters. The lowest BCUT2D eigenvalue weighted by Crippen LogP contribution is -1.97. The molecular weight excluding hydrogens is 320 g/mol. The third-order valence-electron chi connectivity index (χ3n) is 3.99. The molecule has 1 aliphatic carbocycles. The second-order valence-electron chi connectivity index (χ2n) is 5.88. The highest BCUT2D eigenvalue weighted by atomic mass is 35.5. The molecule has 1 saturated carbocycles. The van der Waals surface area contributed by atoms with Crippen molar-refractivity contribution < 1.29 is 0 Å². The number of aromatic nitrogens is 4. The van der Waals surface area contributed by atoms with Crippen LogP contribution in [-0.2, 0) is 0 Å². The van der Waals surface area contributed by atoms with E-state index < -0.39 is 0 Å². The highest BCUT2D eigenvalue weighted by molar-refractivity contribution is 6.29. The van der Waals surface area contributed by atoms with Gasteiger partial charge in [0.05, 0.1) is 11.9 Å². The first kappa shape index (κ1) is 14.9. The Morgan fingerprint density at radius 1 is 1.17 bits per heavy atom. The van der Waals surface area contributed by atoms with Crippen LogP contribution in [0.5, 0.6) is 0 Å². The highest BCUT2D eigenvalue weighted by Crippen LogP contribution is 2.38. The van der Waals surface area contributed by atoms with Gasteiger partial charge < -0.3 is 4.57 Å². The van der Waals surface area contributed by atoms with E-state index in [4.69, 9.17) is 11.6 Å². The van der Waals surface area contributed by atoms with Crippen LogP contribution in [0.1, 0.15) is 41.5 Å². The number of hydrogen-bond donors (Lipinski definition) is 0. The minimum absolute atomic E-state index is 0.435. The van der Waals surface area contributed by atoms with E-state index in [9.17, 15) is 0 Å². The normalized spacial score (nSPS) is 13.4. The smallest absolute Gasteiger partial charge is 0.132 e. The van der Waals surface area contributed by atoms with Gasteiger partial charge in [0.1, 0.15) is 16.7 Å². The average Bonchev–Trinajstić information content (AvgIpc) is 3.37. The molecule has 0 aromatic carbocycles. The summed E-state index contributed by atoms with van der Waals surface area (Å²) < 4.78 is 2.01. The Hall–Kier alpha value is -2.64. The molecule has 1 aliphatic rings. The number of aryl methyl sites for hydroxylation is 1. The average molecular weight is 335 g/mol. The number of imidazole rings is 1. The summed E-state index contributed by atoms with van der Waals surface area (Å²) in [6.07, 6.45) is 7.99. The van der Waals surface area contributed by atoms with Crippen LogP contribution in [-0.4, -0.2) is 19.5 Å². The molecule has 0 amide bonds. The van der Waals surface area contributed by atoms with Crippen molar-refractivity contribution in [2.24, 2.45) is 0 Å². The first-order valence-electron chi connectivity index (χ1n) is 7.85. The number of pyridine rings is 2. The molecule has 0 bridgehead atoms. The maximum atomic E-state index is 5.87. The third kappa shape index (κ3) is 3.17. The Balaban J connectivity index is 1.60.